The molecule has 0 aliphatic carbocycles. The van der Waals surface area contributed by atoms with E-state index in [9.17, 15) is 4.79 Å². The largest absolute Gasteiger partial charge is 0.379 e. The Hall–Kier alpha value is -2.20. The van der Waals surface area contributed by atoms with Crippen LogP contribution in [0.4, 0.5) is 0 Å². The van der Waals surface area contributed by atoms with Gasteiger partial charge in [0.15, 0.2) is 0 Å². The number of aromatic nitrogens is 1. The third kappa shape index (κ3) is 4.67. The molecule has 2 heterocycles. The number of nitrogens with zero attached hydrogens (tertiary/aromatic N) is 2. The molecule has 1 fully saturated rings. The van der Waals surface area contributed by atoms with Crippen molar-refractivity contribution in [2.24, 2.45) is 5.92 Å². The first-order valence-electron chi connectivity index (χ1n) is 8.91. The lowest BCUT2D eigenvalue weighted by atomic mass is 9.87. The molecule has 3 rings (SSSR count). The highest BCUT2D eigenvalue weighted by Gasteiger charge is 2.31. The molecule has 1 saturated heterocycles. The maximum absolute atomic E-state index is 12.7. The molecular formula is C21H26N2O2. The Morgan fingerprint density at radius 1 is 1.24 bits per heavy atom. The molecule has 1 aliphatic rings. The van der Waals surface area contributed by atoms with E-state index in [2.05, 4.69) is 29.2 Å². The third-order valence-corrected chi connectivity index (χ3v) is 5.01. The predicted molar refractivity (Wildman–Crippen MR) is 98.3 cm³/mol. The van der Waals surface area contributed by atoms with E-state index in [-0.39, 0.29) is 12.0 Å². The fourth-order valence-electron chi connectivity index (χ4n) is 3.61. The minimum absolute atomic E-state index is 0.0945. The normalized spacial score (nSPS) is 20.5. The van der Waals surface area contributed by atoms with Gasteiger partial charge in [0, 0.05) is 32.1 Å². The molecule has 1 amide bonds. The Balaban J connectivity index is 1.59. The van der Waals surface area contributed by atoms with E-state index in [1.165, 1.54) is 5.56 Å². The number of piperidine rings is 1. The van der Waals surface area contributed by atoms with Gasteiger partial charge < -0.3 is 9.64 Å². The third-order valence-electron chi connectivity index (χ3n) is 5.01. The summed E-state index contributed by atoms with van der Waals surface area (Å²) >= 11 is 0. The molecule has 25 heavy (non-hydrogen) atoms. The van der Waals surface area contributed by atoms with Gasteiger partial charge in [-0.1, -0.05) is 30.3 Å². The first kappa shape index (κ1) is 17.6. The van der Waals surface area contributed by atoms with Crippen molar-refractivity contribution < 1.29 is 9.53 Å². The number of ether oxygens (including phenoxy) is 1. The summed E-state index contributed by atoms with van der Waals surface area (Å²) in [4.78, 5) is 18.8. The molecule has 4 nitrogen and oxygen atoms in total. The number of likely N-dealkylation sites (tertiary alicyclic amines) is 1. The number of rotatable bonds is 5. The number of methoxy groups -OCH3 is 1. The standard InChI is InChI=1S/C21H26N2O2/c1-16-12-18(8-10-22-16)14-21(24)23-11-9-19(20(15-23)25-2)13-17-6-4-3-5-7-17/h3-8,10,12,19-20H,9,11,13-15H2,1-2H3/t19-,20-/m1/s1. The van der Waals surface area contributed by atoms with Gasteiger partial charge in [0.2, 0.25) is 5.91 Å². The Morgan fingerprint density at radius 2 is 2.04 bits per heavy atom. The fraction of sp³-hybridized carbons (Fsp3) is 0.429. The van der Waals surface area contributed by atoms with Crippen LogP contribution >= 0.6 is 0 Å². The Bertz CT molecular complexity index is 702. The van der Waals surface area contributed by atoms with E-state index in [1.54, 1.807) is 13.3 Å². The smallest absolute Gasteiger partial charge is 0.227 e. The minimum atomic E-state index is 0.0945. The van der Waals surface area contributed by atoms with Crippen LogP contribution in [0.1, 0.15) is 23.2 Å². The zero-order valence-electron chi connectivity index (χ0n) is 15.0. The summed E-state index contributed by atoms with van der Waals surface area (Å²) in [6.45, 7) is 3.43. The van der Waals surface area contributed by atoms with Gasteiger partial charge in [-0.25, -0.2) is 0 Å². The van der Waals surface area contributed by atoms with Crippen molar-refractivity contribution in [3.8, 4) is 0 Å². The average molecular weight is 338 g/mol. The maximum atomic E-state index is 12.7. The number of hydrogen-bond donors (Lipinski definition) is 0. The maximum Gasteiger partial charge on any atom is 0.227 e. The van der Waals surface area contributed by atoms with E-state index in [4.69, 9.17) is 4.74 Å². The summed E-state index contributed by atoms with van der Waals surface area (Å²) in [5.41, 5.74) is 3.31. The lowest BCUT2D eigenvalue weighted by Gasteiger charge is -2.38. The molecule has 132 valence electrons. The molecule has 1 aliphatic heterocycles. The van der Waals surface area contributed by atoms with E-state index in [0.717, 1.165) is 30.6 Å². The van der Waals surface area contributed by atoms with Crippen molar-refractivity contribution >= 4 is 5.91 Å². The highest BCUT2D eigenvalue weighted by Crippen LogP contribution is 2.24. The predicted octanol–water partition coefficient (Wildman–Crippen LogP) is 3.04. The van der Waals surface area contributed by atoms with Crippen molar-refractivity contribution in [2.45, 2.75) is 32.3 Å². The number of pyridine rings is 1. The van der Waals surface area contributed by atoms with Gasteiger partial charge in [0.25, 0.3) is 0 Å². The van der Waals surface area contributed by atoms with Gasteiger partial charge in [-0.15, -0.1) is 0 Å². The second-order valence-electron chi connectivity index (χ2n) is 6.83. The number of amides is 1. The Kier molecular flexibility index (Phi) is 5.82. The van der Waals surface area contributed by atoms with Crippen LogP contribution in [0.5, 0.6) is 0 Å². The molecule has 0 unspecified atom stereocenters. The lowest BCUT2D eigenvalue weighted by molar-refractivity contribution is -0.135. The highest BCUT2D eigenvalue weighted by molar-refractivity contribution is 5.78. The number of carbonyl (C=O) groups is 1. The van der Waals surface area contributed by atoms with Gasteiger partial charge in [0.05, 0.1) is 12.5 Å². The highest BCUT2D eigenvalue weighted by atomic mass is 16.5. The lowest BCUT2D eigenvalue weighted by Crippen LogP contribution is -2.48. The molecule has 0 saturated carbocycles. The van der Waals surface area contributed by atoms with Gasteiger partial charge in [0.1, 0.15) is 0 Å². The van der Waals surface area contributed by atoms with E-state index >= 15 is 0 Å². The SMILES string of the molecule is CO[C@@H]1CN(C(=O)Cc2ccnc(C)c2)CC[C@@H]1Cc1ccccc1. The summed E-state index contributed by atoms with van der Waals surface area (Å²) in [6, 6.07) is 14.4. The number of aryl methyl sites for hydroxylation is 1. The number of hydrogen-bond acceptors (Lipinski definition) is 3. The summed E-state index contributed by atoms with van der Waals surface area (Å²) in [6.07, 6.45) is 4.28. The van der Waals surface area contributed by atoms with Crippen molar-refractivity contribution in [1.82, 2.24) is 9.88 Å². The van der Waals surface area contributed by atoms with Crippen LogP contribution in [0.15, 0.2) is 48.7 Å². The molecule has 0 bridgehead atoms. The molecule has 0 radical (unpaired) electrons. The number of carbonyl (C=O) groups excluding carboxylic acids is 1. The van der Waals surface area contributed by atoms with Crippen molar-refractivity contribution in [3.63, 3.8) is 0 Å². The summed E-state index contributed by atoms with van der Waals surface area (Å²) in [5, 5.41) is 0. The van der Waals surface area contributed by atoms with Gasteiger partial charge in [-0.05, 0) is 48.9 Å². The molecule has 0 spiro atoms. The summed E-state index contributed by atoms with van der Waals surface area (Å²) < 4.78 is 5.72. The van der Waals surface area contributed by atoms with E-state index in [0.29, 0.717) is 18.9 Å². The first-order valence-corrected chi connectivity index (χ1v) is 8.91. The Labute approximate surface area is 149 Å². The average Bonchev–Trinajstić information content (AvgIpc) is 2.63. The van der Waals surface area contributed by atoms with Gasteiger partial charge in [-0.2, -0.15) is 0 Å². The van der Waals surface area contributed by atoms with Crippen molar-refractivity contribution in [3.05, 3.63) is 65.5 Å². The molecule has 1 aromatic heterocycles. The first-order chi connectivity index (χ1) is 12.2. The van der Waals surface area contributed by atoms with Gasteiger partial charge >= 0.3 is 0 Å². The molecule has 1 aromatic carbocycles. The van der Waals surface area contributed by atoms with E-state index in [1.807, 2.05) is 30.0 Å². The van der Waals surface area contributed by atoms with E-state index < -0.39 is 0 Å². The van der Waals surface area contributed by atoms with Crippen LogP contribution in [0.25, 0.3) is 0 Å². The summed E-state index contributed by atoms with van der Waals surface area (Å²) in [5.74, 6) is 0.630. The zero-order valence-corrected chi connectivity index (χ0v) is 15.0. The topological polar surface area (TPSA) is 42.4 Å². The molecule has 0 N–H and O–H groups in total. The summed E-state index contributed by atoms with van der Waals surface area (Å²) in [7, 11) is 1.75. The van der Waals surface area contributed by atoms with Crippen LogP contribution in [0.2, 0.25) is 0 Å². The molecular weight excluding hydrogens is 312 g/mol. The van der Waals surface area contributed by atoms with Crippen LogP contribution in [0.3, 0.4) is 0 Å². The van der Waals surface area contributed by atoms with Crippen LogP contribution in [-0.2, 0) is 22.4 Å². The quantitative estimate of drug-likeness (QED) is 0.841. The van der Waals surface area contributed by atoms with Gasteiger partial charge in [-0.3, -0.25) is 9.78 Å². The second kappa shape index (κ2) is 8.26. The van der Waals surface area contributed by atoms with Crippen molar-refractivity contribution in [2.75, 3.05) is 20.2 Å². The minimum Gasteiger partial charge on any atom is -0.379 e. The Morgan fingerprint density at radius 3 is 2.76 bits per heavy atom. The molecule has 2 atom stereocenters. The van der Waals surface area contributed by atoms with Crippen LogP contribution in [-0.4, -0.2) is 42.1 Å². The number of benzene rings is 1. The van der Waals surface area contributed by atoms with Crippen LogP contribution in [0, 0.1) is 12.8 Å². The monoisotopic (exact) mass is 338 g/mol. The zero-order chi connectivity index (χ0) is 17.6. The molecule has 2 aromatic rings. The van der Waals surface area contributed by atoms with Crippen molar-refractivity contribution in [1.29, 1.82) is 0 Å². The second-order valence-corrected chi connectivity index (χ2v) is 6.83. The molecule has 4 heteroatoms. The fourth-order valence-corrected chi connectivity index (χ4v) is 3.61. The van der Waals surface area contributed by atoms with Crippen LogP contribution < -0.4 is 0 Å².